The van der Waals surface area contributed by atoms with Crippen LogP contribution in [-0.2, 0) is 11.2 Å². The van der Waals surface area contributed by atoms with Gasteiger partial charge < -0.3 is 10.8 Å². The molecule has 0 saturated carbocycles. The minimum atomic E-state index is -0.729. The molecule has 1 amide bonds. The molecule has 4 N–H and O–H groups in total. The Hall–Kier alpha value is -2.37. The van der Waals surface area contributed by atoms with E-state index in [2.05, 4.69) is 10.5 Å². The zero-order chi connectivity index (χ0) is 15.9. The van der Waals surface area contributed by atoms with Crippen molar-refractivity contribution in [3.8, 4) is 5.75 Å². The second-order valence-corrected chi connectivity index (χ2v) is 5.14. The first-order valence-corrected chi connectivity index (χ1v) is 7.05. The van der Waals surface area contributed by atoms with E-state index in [0.717, 1.165) is 5.56 Å². The first-order chi connectivity index (χ1) is 10.6. The van der Waals surface area contributed by atoms with E-state index in [-0.39, 0.29) is 5.75 Å². The van der Waals surface area contributed by atoms with Gasteiger partial charge in [-0.2, -0.15) is 5.10 Å². The standard InChI is InChI=1S/C16H16ClN3O2/c17-14-4-2-1-3-12(14)10-19-20-16(22)15(18)9-11-5-7-13(21)8-6-11/h1-8,10,15,21H,9,18H2,(H,20,22)/b19-10+/t15-/m0/s1. The third-order valence-electron chi connectivity index (χ3n) is 3.01. The van der Waals surface area contributed by atoms with Gasteiger partial charge in [0, 0.05) is 10.6 Å². The van der Waals surface area contributed by atoms with Crippen LogP contribution in [0, 0.1) is 0 Å². The van der Waals surface area contributed by atoms with E-state index in [1.807, 2.05) is 12.1 Å². The largest absolute Gasteiger partial charge is 0.508 e. The van der Waals surface area contributed by atoms with Gasteiger partial charge in [0.05, 0.1) is 12.3 Å². The van der Waals surface area contributed by atoms with E-state index in [1.54, 1.807) is 36.4 Å². The van der Waals surface area contributed by atoms with Gasteiger partial charge in [-0.3, -0.25) is 4.79 Å². The van der Waals surface area contributed by atoms with Crippen molar-refractivity contribution in [3.05, 3.63) is 64.7 Å². The third kappa shape index (κ3) is 4.58. The average molecular weight is 318 g/mol. The maximum atomic E-state index is 11.9. The van der Waals surface area contributed by atoms with Crippen molar-refractivity contribution in [1.29, 1.82) is 0 Å². The zero-order valence-corrected chi connectivity index (χ0v) is 12.5. The molecule has 0 aromatic heterocycles. The molecule has 2 rings (SSSR count). The fourth-order valence-corrected chi connectivity index (χ4v) is 1.99. The molecule has 0 aliphatic rings. The summed E-state index contributed by atoms with van der Waals surface area (Å²) in [5.41, 5.74) is 9.77. The number of rotatable bonds is 5. The summed E-state index contributed by atoms with van der Waals surface area (Å²) in [7, 11) is 0. The monoisotopic (exact) mass is 317 g/mol. The number of carbonyl (C=O) groups excluding carboxylic acids is 1. The summed E-state index contributed by atoms with van der Waals surface area (Å²) in [6.07, 6.45) is 1.82. The number of nitrogens with two attached hydrogens (primary N) is 1. The lowest BCUT2D eigenvalue weighted by atomic mass is 10.1. The van der Waals surface area contributed by atoms with E-state index < -0.39 is 11.9 Å². The lowest BCUT2D eigenvalue weighted by molar-refractivity contribution is -0.122. The van der Waals surface area contributed by atoms with Gasteiger partial charge in [-0.1, -0.05) is 41.9 Å². The van der Waals surface area contributed by atoms with Crippen molar-refractivity contribution in [3.63, 3.8) is 0 Å². The maximum absolute atomic E-state index is 11.9. The zero-order valence-electron chi connectivity index (χ0n) is 11.7. The number of phenolic OH excluding ortho intramolecular Hbond substituents is 1. The minimum Gasteiger partial charge on any atom is -0.508 e. The van der Waals surface area contributed by atoms with Crippen LogP contribution in [0.1, 0.15) is 11.1 Å². The summed E-state index contributed by atoms with van der Waals surface area (Å²) in [6.45, 7) is 0. The molecule has 0 aliphatic heterocycles. The Bertz CT molecular complexity index is 671. The molecule has 6 heteroatoms. The summed E-state index contributed by atoms with van der Waals surface area (Å²) >= 11 is 5.97. The molecule has 5 nitrogen and oxygen atoms in total. The van der Waals surface area contributed by atoms with Crippen LogP contribution in [0.4, 0.5) is 0 Å². The minimum absolute atomic E-state index is 0.172. The van der Waals surface area contributed by atoms with Crippen molar-refractivity contribution < 1.29 is 9.90 Å². The van der Waals surface area contributed by atoms with E-state index >= 15 is 0 Å². The predicted molar refractivity (Wildman–Crippen MR) is 87.0 cm³/mol. The fraction of sp³-hybridized carbons (Fsp3) is 0.125. The van der Waals surface area contributed by atoms with E-state index in [9.17, 15) is 9.90 Å². The Morgan fingerprint density at radius 1 is 1.27 bits per heavy atom. The molecule has 0 spiro atoms. The number of nitrogens with one attached hydrogen (secondary N) is 1. The van der Waals surface area contributed by atoms with Gasteiger partial charge >= 0.3 is 0 Å². The Morgan fingerprint density at radius 3 is 2.64 bits per heavy atom. The molecule has 0 fully saturated rings. The second-order valence-electron chi connectivity index (χ2n) is 4.73. The van der Waals surface area contributed by atoms with Crippen molar-refractivity contribution in [2.45, 2.75) is 12.5 Å². The van der Waals surface area contributed by atoms with Gasteiger partial charge in [0.2, 0.25) is 0 Å². The van der Waals surface area contributed by atoms with Crippen molar-refractivity contribution >= 4 is 23.7 Å². The quantitative estimate of drug-likeness (QED) is 0.582. The van der Waals surface area contributed by atoms with Crippen LogP contribution in [0.3, 0.4) is 0 Å². The number of nitrogens with zero attached hydrogens (tertiary/aromatic N) is 1. The molecular weight excluding hydrogens is 302 g/mol. The van der Waals surface area contributed by atoms with Crippen LogP contribution < -0.4 is 11.2 Å². The van der Waals surface area contributed by atoms with Gasteiger partial charge in [0.1, 0.15) is 5.75 Å². The van der Waals surface area contributed by atoms with Crippen LogP contribution in [0.5, 0.6) is 5.75 Å². The number of benzene rings is 2. The third-order valence-corrected chi connectivity index (χ3v) is 3.36. The number of phenols is 1. The van der Waals surface area contributed by atoms with E-state index in [0.29, 0.717) is 17.0 Å². The summed E-state index contributed by atoms with van der Waals surface area (Å²) in [4.78, 5) is 11.9. The predicted octanol–water partition coefficient (Wildman–Crippen LogP) is 2.07. The summed E-state index contributed by atoms with van der Waals surface area (Å²) in [5, 5.41) is 13.6. The molecule has 114 valence electrons. The number of aromatic hydroxyl groups is 1. The molecule has 0 aliphatic carbocycles. The molecule has 0 bridgehead atoms. The highest BCUT2D eigenvalue weighted by Crippen LogP contribution is 2.12. The van der Waals surface area contributed by atoms with Crippen LogP contribution >= 0.6 is 11.6 Å². The molecular formula is C16H16ClN3O2. The van der Waals surface area contributed by atoms with E-state index in [1.165, 1.54) is 6.21 Å². The highest BCUT2D eigenvalue weighted by molar-refractivity contribution is 6.33. The average Bonchev–Trinajstić information content (AvgIpc) is 2.51. The van der Waals surface area contributed by atoms with Gasteiger partial charge in [0.15, 0.2) is 0 Å². The number of hydrazone groups is 1. The summed E-state index contributed by atoms with van der Waals surface area (Å²) in [5.74, 6) is -0.220. The van der Waals surface area contributed by atoms with E-state index in [4.69, 9.17) is 17.3 Å². The lowest BCUT2D eigenvalue weighted by Crippen LogP contribution is -2.39. The molecule has 1 atom stereocenters. The van der Waals surface area contributed by atoms with Gasteiger partial charge in [-0.25, -0.2) is 5.43 Å². The molecule has 2 aromatic rings. The molecule has 0 saturated heterocycles. The SMILES string of the molecule is N[C@@H](Cc1ccc(O)cc1)C(=O)N/N=C/c1ccccc1Cl. The lowest BCUT2D eigenvalue weighted by Gasteiger charge is -2.09. The Morgan fingerprint density at radius 2 is 1.95 bits per heavy atom. The van der Waals surface area contributed by atoms with Crippen LogP contribution in [-0.4, -0.2) is 23.3 Å². The first-order valence-electron chi connectivity index (χ1n) is 6.67. The molecule has 0 heterocycles. The Balaban J connectivity index is 1.89. The van der Waals surface area contributed by atoms with Crippen molar-refractivity contribution in [2.24, 2.45) is 10.8 Å². The van der Waals surface area contributed by atoms with Crippen LogP contribution in [0.25, 0.3) is 0 Å². The number of halogens is 1. The van der Waals surface area contributed by atoms with Crippen LogP contribution in [0.2, 0.25) is 5.02 Å². The smallest absolute Gasteiger partial charge is 0.257 e. The van der Waals surface area contributed by atoms with Gasteiger partial charge in [0.25, 0.3) is 5.91 Å². The topological polar surface area (TPSA) is 87.7 Å². The van der Waals surface area contributed by atoms with Gasteiger partial charge in [-0.15, -0.1) is 0 Å². The van der Waals surface area contributed by atoms with Crippen LogP contribution in [0.15, 0.2) is 53.6 Å². The highest BCUT2D eigenvalue weighted by Gasteiger charge is 2.13. The first kappa shape index (κ1) is 16.0. The van der Waals surface area contributed by atoms with Crippen molar-refractivity contribution in [2.75, 3.05) is 0 Å². The molecule has 0 radical (unpaired) electrons. The number of hydrogen-bond acceptors (Lipinski definition) is 4. The normalized spacial score (nSPS) is 12.3. The second kappa shape index (κ2) is 7.59. The molecule has 2 aromatic carbocycles. The van der Waals surface area contributed by atoms with Gasteiger partial charge in [-0.05, 0) is 30.2 Å². The summed E-state index contributed by atoms with van der Waals surface area (Å²) in [6, 6.07) is 13.0. The number of carbonyl (C=O) groups is 1. The molecule has 0 unspecified atom stereocenters. The number of amides is 1. The number of hydrogen-bond donors (Lipinski definition) is 3. The Labute approximate surface area is 133 Å². The summed E-state index contributed by atoms with van der Waals surface area (Å²) < 4.78 is 0. The molecule has 22 heavy (non-hydrogen) atoms. The fourth-order valence-electron chi connectivity index (χ4n) is 1.81. The Kier molecular flexibility index (Phi) is 5.52. The highest BCUT2D eigenvalue weighted by atomic mass is 35.5. The van der Waals surface area contributed by atoms with Crippen molar-refractivity contribution in [1.82, 2.24) is 5.43 Å². The maximum Gasteiger partial charge on any atom is 0.257 e.